The molecular formula is C9H12N2O4S. The van der Waals surface area contributed by atoms with Crippen LogP contribution >= 0.6 is 0 Å². The predicted molar refractivity (Wildman–Crippen MR) is 57.0 cm³/mol. The number of methoxy groups -OCH3 is 1. The van der Waals surface area contributed by atoms with Crippen LogP contribution in [0.1, 0.15) is 15.9 Å². The maximum atomic E-state index is 11.3. The molecule has 0 fully saturated rings. The van der Waals surface area contributed by atoms with Crippen molar-refractivity contribution in [2.45, 2.75) is 11.4 Å². The van der Waals surface area contributed by atoms with Gasteiger partial charge in [-0.25, -0.2) is 18.4 Å². The van der Waals surface area contributed by atoms with Crippen molar-refractivity contribution in [2.75, 3.05) is 7.11 Å². The largest absolute Gasteiger partial charge is 0.465 e. The fourth-order valence-electron chi connectivity index (χ4n) is 1.23. The molecule has 7 heteroatoms. The van der Waals surface area contributed by atoms with Gasteiger partial charge in [-0.15, -0.1) is 0 Å². The number of hydrogen-bond acceptors (Lipinski definition) is 5. The second-order valence-electron chi connectivity index (χ2n) is 3.06. The Morgan fingerprint density at radius 2 is 2.06 bits per heavy atom. The Morgan fingerprint density at radius 1 is 1.44 bits per heavy atom. The summed E-state index contributed by atoms with van der Waals surface area (Å²) in [5, 5.41) is 4.95. The average Bonchev–Trinajstić information content (AvgIpc) is 2.26. The number of esters is 1. The number of rotatable bonds is 3. The minimum atomic E-state index is -3.79. The van der Waals surface area contributed by atoms with Crippen molar-refractivity contribution in [3.63, 3.8) is 0 Å². The fraction of sp³-hybridized carbons (Fsp3) is 0.222. The number of primary sulfonamides is 1. The third-order valence-corrected chi connectivity index (χ3v) is 2.94. The molecule has 0 atom stereocenters. The van der Waals surface area contributed by atoms with Crippen molar-refractivity contribution in [3.8, 4) is 0 Å². The van der Waals surface area contributed by atoms with Crippen LogP contribution in [0.15, 0.2) is 23.1 Å². The minimum absolute atomic E-state index is 0.0216. The molecule has 0 aliphatic heterocycles. The monoisotopic (exact) mass is 244 g/mol. The normalized spacial score (nSPS) is 11.2. The van der Waals surface area contributed by atoms with E-state index in [0.717, 1.165) is 0 Å². The van der Waals surface area contributed by atoms with Gasteiger partial charge in [0.05, 0.1) is 17.6 Å². The highest BCUT2D eigenvalue weighted by Crippen LogP contribution is 2.15. The molecule has 4 N–H and O–H groups in total. The first-order valence-electron chi connectivity index (χ1n) is 4.34. The molecule has 88 valence electrons. The van der Waals surface area contributed by atoms with E-state index < -0.39 is 16.0 Å². The maximum Gasteiger partial charge on any atom is 0.338 e. The van der Waals surface area contributed by atoms with Crippen LogP contribution in [0, 0.1) is 0 Å². The molecule has 1 aromatic carbocycles. The van der Waals surface area contributed by atoms with Gasteiger partial charge in [0.25, 0.3) is 0 Å². The van der Waals surface area contributed by atoms with Gasteiger partial charge in [-0.05, 0) is 23.8 Å². The highest BCUT2D eigenvalue weighted by molar-refractivity contribution is 7.89. The molecule has 0 aliphatic carbocycles. The molecule has 0 saturated heterocycles. The molecule has 0 aromatic heterocycles. The van der Waals surface area contributed by atoms with E-state index in [1.165, 1.54) is 25.3 Å². The van der Waals surface area contributed by atoms with E-state index >= 15 is 0 Å². The highest BCUT2D eigenvalue weighted by atomic mass is 32.2. The summed E-state index contributed by atoms with van der Waals surface area (Å²) < 4.78 is 26.7. The molecule has 0 unspecified atom stereocenters. The number of nitrogens with two attached hydrogens (primary N) is 2. The van der Waals surface area contributed by atoms with Crippen LogP contribution in [0.3, 0.4) is 0 Å². The number of carbonyl (C=O) groups excluding carboxylic acids is 1. The van der Waals surface area contributed by atoms with E-state index in [1.807, 2.05) is 0 Å². The molecule has 0 bridgehead atoms. The Balaban J connectivity index is 3.33. The molecule has 1 rings (SSSR count). The van der Waals surface area contributed by atoms with Crippen molar-refractivity contribution in [2.24, 2.45) is 10.9 Å². The minimum Gasteiger partial charge on any atom is -0.465 e. The topological polar surface area (TPSA) is 112 Å². The summed E-state index contributed by atoms with van der Waals surface area (Å²) in [4.78, 5) is 11.2. The number of benzene rings is 1. The summed E-state index contributed by atoms with van der Waals surface area (Å²) in [5.41, 5.74) is 6.02. The van der Waals surface area contributed by atoms with Crippen molar-refractivity contribution in [1.82, 2.24) is 0 Å². The summed E-state index contributed by atoms with van der Waals surface area (Å²) in [6, 6.07) is 3.83. The summed E-state index contributed by atoms with van der Waals surface area (Å²) in [6.45, 7) is 0.0216. The average molecular weight is 244 g/mol. The lowest BCUT2D eigenvalue weighted by atomic mass is 10.1. The second-order valence-corrected chi connectivity index (χ2v) is 4.62. The smallest absolute Gasteiger partial charge is 0.338 e. The highest BCUT2D eigenvalue weighted by Gasteiger charge is 2.15. The lowest BCUT2D eigenvalue weighted by molar-refractivity contribution is 0.0599. The SMILES string of the molecule is COC(=O)c1ccc(S(N)(=O)=O)cc1CN. The first-order chi connectivity index (χ1) is 7.40. The molecule has 0 aliphatic rings. The number of hydrogen-bond donors (Lipinski definition) is 2. The third kappa shape index (κ3) is 2.57. The Hall–Kier alpha value is -1.44. The van der Waals surface area contributed by atoms with E-state index in [2.05, 4.69) is 4.74 Å². The second kappa shape index (κ2) is 4.60. The van der Waals surface area contributed by atoms with Gasteiger partial charge in [0.2, 0.25) is 10.0 Å². The predicted octanol–water partition coefficient (Wildman–Crippen LogP) is -0.421. The van der Waals surface area contributed by atoms with E-state index in [-0.39, 0.29) is 17.0 Å². The van der Waals surface area contributed by atoms with Gasteiger partial charge in [0, 0.05) is 6.54 Å². The van der Waals surface area contributed by atoms with Crippen molar-refractivity contribution >= 4 is 16.0 Å². The van der Waals surface area contributed by atoms with Crippen molar-refractivity contribution in [3.05, 3.63) is 29.3 Å². The summed E-state index contributed by atoms with van der Waals surface area (Å²) in [6.07, 6.45) is 0. The molecular weight excluding hydrogens is 232 g/mol. The molecule has 0 saturated carbocycles. The summed E-state index contributed by atoms with van der Waals surface area (Å²) >= 11 is 0. The van der Waals surface area contributed by atoms with Crippen LogP contribution in [-0.4, -0.2) is 21.5 Å². The third-order valence-electron chi connectivity index (χ3n) is 2.03. The first kappa shape index (κ1) is 12.6. The summed E-state index contributed by atoms with van der Waals surface area (Å²) in [7, 11) is -2.56. The number of carbonyl (C=O) groups is 1. The zero-order chi connectivity index (χ0) is 12.3. The van der Waals surface area contributed by atoms with Gasteiger partial charge in [0.15, 0.2) is 0 Å². The Bertz CT molecular complexity index is 510. The molecule has 0 heterocycles. The van der Waals surface area contributed by atoms with E-state index in [9.17, 15) is 13.2 Å². The zero-order valence-corrected chi connectivity index (χ0v) is 9.45. The van der Waals surface area contributed by atoms with E-state index in [4.69, 9.17) is 10.9 Å². The summed E-state index contributed by atoms with van der Waals surface area (Å²) in [5.74, 6) is -0.568. The van der Waals surface area contributed by atoms with Gasteiger partial charge in [-0.3, -0.25) is 0 Å². The molecule has 6 nitrogen and oxygen atoms in total. The van der Waals surface area contributed by atoms with Gasteiger partial charge in [-0.2, -0.15) is 0 Å². The van der Waals surface area contributed by atoms with Crippen LogP contribution < -0.4 is 10.9 Å². The fourth-order valence-corrected chi connectivity index (χ4v) is 1.79. The molecule has 16 heavy (non-hydrogen) atoms. The number of ether oxygens (including phenoxy) is 1. The molecule has 0 amide bonds. The van der Waals surface area contributed by atoms with E-state index in [1.54, 1.807) is 0 Å². The van der Waals surface area contributed by atoms with Crippen LogP contribution in [0.4, 0.5) is 0 Å². The first-order valence-corrected chi connectivity index (χ1v) is 5.89. The Morgan fingerprint density at radius 3 is 2.50 bits per heavy atom. The van der Waals surface area contributed by atoms with Gasteiger partial charge in [0.1, 0.15) is 0 Å². The molecule has 0 radical (unpaired) electrons. The van der Waals surface area contributed by atoms with Crippen LogP contribution in [0.25, 0.3) is 0 Å². The lowest BCUT2D eigenvalue weighted by Gasteiger charge is -2.07. The van der Waals surface area contributed by atoms with Gasteiger partial charge in [-0.1, -0.05) is 0 Å². The Kier molecular flexibility index (Phi) is 3.63. The molecule has 1 aromatic rings. The molecule has 0 spiro atoms. The Labute approximate surface area is 93.2 Å². The van der Waals surface area contributed by atoms with Crippen LogP contribution in [-0.2, 0) is 21.3 Å². The number of sulfonamides is 1. The standard InChI is InChI=1S/C9H12N2O4S/c1-15-9(12)8-3-2-7(16(11,13)14)4-6(8)5-10/h2-4H,5,10H2,1H3,(H2,11,13,14). The lowest BCUT2D eigenvalue weighted by Crippen LogP contribution is -2.15. The quantitative estimate of drug-likeness (QED) is 0.701. The van der Waals surface area contributed by atoms with E-state index in [0.29, 0.717) is 5.56 Å². The van der Waals surface area contributed by atoms with Crippen LogP contribution in [0.2, 0.25) is 0 Å². The van der Waals surface area contributed by atoms with Gasteiger partial charge >= 0.3 is 5.97 Å². The zero-order valence-electron chi connectivity index (χ0n) is 8.64. The maximum absolute atomic E-state index is 11.3. The van der Waals surface area contributed by atoms with Crippen molar-refractivity contribution in [1.29, 1.82) is 0 Å². The van der Waals surface area contributed by atoms with Crippen molar-refractivity contribution < 1.29 is 17.9 Å². The van der Waals surface area contributed by atoms with Crippen LogP contribution in [0.5, 0.6) is 0 Å². The van der Waals surface area contributed by atoms with Gasteiger partial charge < -0.3 is 10.5 Å².